The van der Waals surface area contributed by atoms with Gasteiger partial charge in [-0.25, -0.2) is 0 Å². The van der Waals surface area contributed by atoms with Crippen molar-refractivity contribution in [1.29, 1.82) is 0 Å². The second kappa shape index (κ2) is 5.98. The molecule has 1 amide bonds. The number of anilines is 1. The van der Waals surface area contributed by atoms with E-state index in [-0.39, 0.29) is 17.9 Å². The zero-order chi connectivity index (χ0) is 16.7. The Morgan fingerprint density at radius 2 is 2.04 bits per heavy atom. The van der Waals surface area contributed by atoms with Crippen LogP contribution in [0, 0.1) is 25.7 Å². The largest absolute Gasteiger partial charge is 0.377 e. The van der Waals surface area contributed by atoms with Gasteiger partial charge < -0.3 is 10.1 Å². The van der Waals surface area contributed by atoms with Crippen LogP contribution in [0.25, 0.3) is 5.82 Å². The molecule has 0 radical (unpaired) electrons. The number of hydrogen-bond acceptors (Lipinski definition) is 5. The van der Waals surface area contributed by atoms with E-state index >= 15 is 0 Å². The molecule has 24 heavy (non-hydrogen) atoms. The van der Waals surface area contributed by atoms with Crippen LogP contribution in [0.4, 0.5) is 5.82 Å². The fourth-order valence-corrected chi connectivity index (χ4v) is 3.27. The first-order valence-electron chi connectivity index (χ1n) is 8.41. The summed E-state index contributed by atoms with van der Waals surface area (Å²) in [6.07, 6.45) is 3.20. The molecule has 3 heterocycles. The first-order chi connectivity index (χ1) is 11.6. The van der Waals surface area contributed by atoms with Crippen LogP contribution in [0.1, 0.15) is 30.7 Å². The smallest absolute Gasteiger partial charge is 0.231 e. The number of nitrogens with one attached hydrogen (secondary N) is 1. The Labute approximate surface area is 140 Å². The molecule has 0 unspecified atom stereocenters. The Kier molecular flexibility index (Phi) is 3.80. The third kappa shape index (κ3) is 2.91. The third-order valence-electron chi connectivity index (χ3n) is 4.64. The van der Waals surface area contributed by atoms with Gasteiger partial charge in [-0.15, -0.1) is 5.10 Å². The Hall–Kier alpha value is -2.28. The van der Waals surface area contributed by atoms with E-state index in [4.69, 9.17) is 4.74 Å². The number of nitrogens with zero attached hydrogens (tertiary/aromatic N) is 4. The van der Waals surface area contributed by atoms with Gasteiger partial charge in [-0.05, 0) is 51.2 Å². The number of carbonyl (C=O) groups excluding carboxylic acids is 1. The van der Waals surface area contributed by atoms with E-state index < -0.39 is 0 Å². The van der Waals surface area contributed by atoms with Crippen LogP contribution in [-0.4, -0.2) is 38.6 Å². The molecule has 7 heteroatoms. The highest BCUT2D eigenvalue weighted by Crippen LogP contribution is 2.41. The standard InChI is InChI=1S/C17H21N5O2/c1-10-3-6-14(20-19-10)22-15(9-11(2)21-22)18-17(23)13-7-8-24-16(13)12-4-5-12/h3,6,9,12-13,16H,4-5,7-8H2,1-2H3,(H,18,23)/t13-,16+/m1/s1. The quantitative estimate of drug-likeness (QED) is 0.929. The number of aryl methyl sites for hydroxylation is 2. The summed E-state index contributed by atoms with van der Waals surface area (Å²) in [5.74, 6) is 1.69. The van der Waals surface area contributed by atoms with Crippen molar-refractivity contribution >= 4 is 11.7 Å². The molecule has 1 saturated heterocycles. The number of aromatic nitrogens is 4. The fourth-order valence-electron chi connectivity index (χ4n) is 3.27. The van der Waals surface area contributed by atoms with Gasteiger partial charge in [0.05, 0.1) is 23.4 Å². The van der Waals surface area contributed by atoms with E-state index in [1.54, 1.807) is 4.68 Å². The Morgan fingerprint density at radius 1 is 1.21 bits per heavy atom. The number of carbonyl (C=O) groups is 1. The molecule has 2 aliphatic rings. The predicted molar refractivity (Wildman–Crippen MR) is 87.8 cm³/mol. The summed E-state index contributed by atoms with van der Waals surface area (Å²) in [6, 6.07) is 5.57. The summed E-state index contributed by atoms with van der Waals surface area (Å²) in [5.41, 5.74) is 1.65. The van der Waals surface area contributed by atoms with E-state index in [9.17, 15) is 4.79 Å². The van der Waals surface area contributed by atoms with Crippen LogP contribution in [0.15, 0.2) is 18.2 Å². The zero-order valence-corrected chi connectivity index (χ0v) is 13.9. The lowest BCUT2D eigenvalue weighted by Crippen LogP contribution is -2.31. The monoisotopic (exact) mass is 327 g/mol. The minimum Gasteiger partial charge on any atom is -0.377 e. The molecule has 0 spiro atoms. The second-order valence-corrected chi connectivity index (χ2v) is 6.67. The molecule has 126 valence electrons. The molecule has 2 aromatic rings. The van der Waals surface area contributed by atoms with Crippen LogP contribution in [0.5, 0.6) is 0 Å². The molecular formula is C17H21N5O2. The van der Waals surface area contributed by atoms with Crippen molar-refractivity contribution in [3.8, 4) is 5.82 Å². The summed E-state index contributed by atoms with van der Waals surface area (Å²) in [4.78, 5) is 12.7. The number of hydrogen-bond donors (Lipinski definition) is 1. The minimum absolute atomic E-state index is 0.00520. The average Bonchev–Trinajstić information content (AvgIpc) is 3.17. The molecular weight excluding hydrogens is 306 g/mol. The first-order valence-corrected chi connectivity index (χ1v) is 8.41. The van der Waals surface area contributed by atoms with Crippen LogP contribution < -0.4 is 5.32 Å². The Morgan fingerprint density at radius 3 is 2.75 bits per heavy atom. The van der Waals surface area contributed by atoms with Crippen LogP contribution in [0.3, 0.4) is 0 Å². The molecule has 0 aromatic carbocycles. The summed E-state index contributed by atoms with van der Waals surface area (Å²) in [6.45, 7) is 4.44. The van der Waals surface area contributed by atoms with Crippen LogP contribution in [0.2, 0.25) is 0 Å². The molecule has 2 aromatic heterocycles. The summed E-state index contributed by atoms with van der Waals surface area (Å²) in [7, 11) is 0. The van der Waals surface area contributed by atoms with Gasteiger partial charge >= 0.3 is 0 Å². The van der Waals surface area contributed by atoms with Gasteiger partial charge in [0.15, 0.2) is 5.82 Å². The maximum absolute atomic E-state index is 12.7. The van der Waals surface area contributed by atoms with E-state index in [0.29, 0.717) is 24.2 Å². The lowest BCUT2D eigenvalue weighted by atomic mass is 9.97. The van der Waals surface area contributed by atoms with Gasteiger partial charge in [0.1, 0.15) is 5.82 Å². The minimum atomic E-state index is -0.0785. The molecule has 7 nitrogen and oxygen atoms in total. The predicted octanol–water partition coefficient (Wildman–Crippen LogP) is 2.03. The zero-order valence-electron chi connectivity index (χ0n) is 13.9. The van der Waals surface area contributed by atoms with E-state index in [2.05, 4.69) is 20.6 Å². The van der Waals surface area contributed by atoms with Gasteiger partial charge in [0.25, 0.3) is 0 Å². The molecule has 2 atom stereocenters. The Balaban J connectivity index is 1.56. The average molecular weight is 327 g/mol. The molecule has 1 aliphatic heterocycles. The number of ether oxygens (including phenoxy) is 1. The lowest BCUT2D eigenvalue weighted by molar-refractivity contribution is -0.121. The molecule has 1 N–H and O–H groups in total. The highest BCUT2D eigenvalue weighted by atomic mass is 16.5. The van der Waals surface area contributed by atoms with E-state index in [1.807, 2.05) is 32.0 Å². The Bertz CT molecular complexity index is 751. The lowest BCUT2D eigenvalue weighted by Gasteiger charge is -2.17. The topological polar surface area (TPSA) is 81.9 Å². The van der Waals surface area contributed by atoms with Crippen molar-refractivity contribution in [1.82, 2.24) is 20.0 Å². The van der Waals surface area contributed by atoms with Gasteiger partial charge in [-0.2, -0.15) is 14.9 Å². The number of amides is 1. The second-order valence-electron chi connectivity index (χ2n) is 6.67. The van der Waals surface area contributed by atoms with Crippen molar-refractivity contribution in [3.05, 3.63) is 29.6 Å². The van der Waals surface area contributed by atoms with Crippen molar-refractivity contribution in [2.24, 2.45) is 11.8 Å². The maximum atomic E-state index is 12.7. The molecule has 4 rings (SSSR count). The van der Waals surface area contributed by atoms with Crippen LogP contribution in [-0.2, 0) is 9.53 Å². The van der Waals surface area contributed by atoms with Gasteiger partial charge in [0, 0.05) is 12.7 Å². The maximum Gasteiger partial charge on any atom is 0.231 e. The van der Waals surface area contributed by atoms with Gasteiger partial charge in [0.2, 0.25) is 5.91 Å². The van der Waals surface area contributed by atoms with Crippen molar-refractivity contribution in [2.75, 3.05) is 11.9 Å². The van der Waals surface area contributed by atoms with Crippen LogP contribution >= 0.6 is 0 Å². The summed E-state index contributed by atoms with van der Waals surface area (Å²) >= 11 is 0. The molecule has 2 fully saturated rings. The van der Waals surface area contributed by atoms with Crippen molar-refractivity contribution in [3.63, 3.8) is 0 Å². The summed E-state index contributed by atoms with van der Waals surface area (Å²) in [5, 5.41) is 15.7. The van der Waals surface area contributed by atoms with Gasteiger partial charge in [-0.1, -0.05) is 0 Å². The molecule has 1 saturated carbocycles. The third-order valence-corrected chi connectivity index (χ3v) is 4.64. The van der Waals surface area contributed by atoms with Crippen molar-refractivity contribution in [2.45, 2.75) is 39.2 Å². The fraction of sp³-hybridized carbons (Fsp3) is 0.529. The highest BCUT2D eigenvalue weighted by molar-refractivity contribution is 5.92. The molecule has 1 aliphatic carbocycles. The van der Waals surface area contributed by atoms with E-state index in [0.717, 1.165) is 17.8 Å². The SMILES string of the molecule is Cc1ccc(-n2nc(C)cc2NC(=O)[C@@H]2CCO[C@H]2C2CC2)nn1. The normalized spacial score (nSPS) is 23.4. The van der Waals surface area contributed by atoms with Crippen molar-refractivity contribution < 1.29 is 9.53 Å². The number of rotatable bonds is 4. The van der Waals surface area contributed by atoms with E-state index in [1.165, 1.54) is 12.8 Å². The molecule has 0 bridgehead atoms. The van der Waals surface area contributed by atoms with Gasteiger partial charge in [-0.3, -0.25) is 4.79 Å². The summed E-state index contributed by atoms with van der Waals surface area (Å²) < 4.78 is 7.40. The first kappa shape index (κ1) is 15.3. The highest BCUT2D eigenvalue weighted by Gasteiger charge is 2.43.